The molecule has 1 heterocycles. The molecule has 0 aliphatic carbocycles. The molecule has 8 nitrogen and oxygen atoms in total. The first kappa shape index (κ1) is 25.5. The van der Waals surface area contributed by atoms with Crippen LogP contribution >= 0.6 is 23.8 Å². The smallest absolute Gasteiger partial charge is 0.256 e. The van der Waals surface area contributed by atoms with E-state index in [1.54, 1.807) is 53.4 Å². The first-order valence-electron chi connectivity index (χ1n) is 11.0. The Labute approximate surface area is 209 Å². The van der Waals surface area contributed by atoms with Crippen LogP contribution in [-0.2, 0) is 14.4 Å². The minimum Gasteiger partial charge on any atom is -0.494 e. The molecule has 1 saturated heterocycles. The summed E-state index contributed by atoms with van der Waals surface area (Å²) in [6.07, 6.45) is 0.796. The first-order valence-corrected chi connectivity index (χ1v) is 11.8. The van der Waals surface area contributed by atoms with Crippen LogP contribution in [0.2, 0.25) is 5.02 Å². The van der Waals surface area contributed by atoms with Crippen molar-refractivity contribution < 1.29 is 19.1 Å². The number of carbonyl (C=O) groups is 3. The van der Waals surface area contributed by atoms with Crippen molar-refractivity contribution in [2.24, 2.45) is 0 Å². The van der Waals surface area contributed by atoms with Crippen molar-refractivity contribution in [3.05, 3.63) is 53.6 Å². The molecule has 0 saturated carbocycles. The highest BCUT2D eigenvalue weighted by Crippen LogP contribution is 2.29. The predicted molar refractivity (Wildman–Crippen MR) is 136 cm³/mol. The van der Waals surface area contributed by atoms with Crippen molar-refractivity contribution in [2.45, 2.75) is 32.7 Å². The van der Waals surface area contributed by atoms with Crippen molar-refractivity contribution in [3.8, 4) is 5.75 Å². The van der Waals surface area contributed by atoms with E-state index in [1.807, 2.05) is 6.92 Å². The van der Waals surface area contributed by atoms with Crippen molar-refractivity contribution >= 4 is 58.0 Å². The molecule has 0 aromatic heterocycles. The van der Waals surface area contributed by atoms with Gasteiger partial charge in [-0.1, -0.05) is 24.6 Å². The third-order valence-electron chi connectivity index (χ3n) is 5.10. The third kappa shape index (κ3) is 6.45. The Morgan fingerprint density at radius 3 is 2.56 bits per heavy atom. The molecular weight excluding hydrogens is 476 g/mol. The number of nitrogens with zero attached hydrogens (tertiary/aromatic N) is 2. The number of halogens is 1. The van der Waals surface area contributed by atoms with E-state index in [4.69, 9.17) is 28.6 Å². The molecular formula is C24H27ClN4O4S. The van der Waals surface area contributed by atoms with Crippen molar-refractivity contribution in [3.63, 3.8) is 0 Å². The van der Waals surface area contributed by atoms with Crippen molar-refractivity contribution in [1.29, 1.82) is 0 Å². The molecule has 2 aromatic carbocycles. The molecule has 1 fully saturated rings. The largest absolute Gasteiger partial charge is 0.494 e. The fourth-order valence-corrected chi connectivity index (χ4v) is 4.13. The molecule has 1 aliphatic heterocycles. The molecule has 1 atom stereocenters. The lowest BCUT2D eigenvalue weighted by atomic mass is 10.1. The summed E-state index contributed by atoms with van der Waals surface area (Å²) in [6, 6.07) is 13.0. The average molecular weight is 503 g/mol. The summed E-state index contributed by atoms with van der Waals surface area (Å²) < 4.78 is 5.56. The SMILES string of the molecule is CCCOc1ccc(NC(=O)C[C@@H]2C(=O)N(c3cccc(Cl)c3)C(=S)N2CCNC(C)=O)cc1. The van der Waals surface area contributed by atoms with Crippen LogP contribution in [0.4, 0.5) is 11.4 Å². The summed E-state index contributed by atoms with van der Waals surface area (Å²) >= 11 is 11.7. The normalized spacial score (nSPS) is 15.4. The minimum absolute atomic E-state index is 0.107. The number of amides is 3. The van der Waals surface area contributed by atoms with Crippen molar-refractivity contribution in [1.82, 2.24) is 10.2 Å². The minimum atomic E-state index is -0.813. The van der Waals surface area contributed by atoms with Gasteiger partial charge in [-0.15, -0.1) is 0 Å². The first-order chi connectivity index (χ1) is 16.3. The van der Waals surface area contributed by atoms with Gasteiger partial charge >= 0.3 is 0 Å². The van der Waals surface area contributed by atoms with Crippen LogP contribution in [0.25, 0.3) is 0 Å². The molecule has 3 rings (SSSR count). The fraction of sp³-hybridized carbons (Fsp3) is 0.333. The molecule has 0 radical (unpaired) electrons. The van der Waals surface area contributed by atoms with Crippen LogP contribution in [-0.4, -0.2) is 53.5 Å². The summed E-state index contributed by atoms with van der Waals surface area (Å²) in [5.74, 6) is -0.129. The van der Waals surface area contributed by atoms with E-state index in [9.17, 15) is 14.4 Å². The standard InChI is InChI=1S/C24H27ClN4O4S/c1-3-13-33-20-9-7-18(8-10-20)27-22(31)15-21-23(32)29(19-6-4-5-17(25)14-19)24(34)28(21)12-11-26-16(2)30/h4-10,14,21H,3,11-13,15H2,1-2H3,(H,26,30)(H,27,31)/t21-/m1/s1. The van der Waals surface area contributed by atoms with Crippen LogP contribution < -0.4 is 20.3 Å². The molecule has 0 bridgehead atoms. The molecule has 2 aromatic rings. The summed E-state index contributed by atoms with van der Waals surface area (Å²) in [5.41, 5.74) is 1.12. The van der Waals surface area contributed by atoms with Gasteiger partial charge in [-0.3, -0.25) is 19.3 Å². The van der Waals surface area contributed by atoms with E-state index >= 15 is 0 Å². The maximum atomic E-state index is 13.3. The number of ether oxygens (including phenoxy) is 1. The predicted octanol–water partition coefficient (Wildman–Crippen LogP) is 3.60. The molecule has 10 heteroatoms. The molecule has 34 heavy (non-hydrogen) atoms. The maximum Gasteiger partial charge on any atom is 0.256 e. The number of carbonyl (C=O) groups excluding carboxylic acids is 3. The second-order valence-electron chi connectivity index (χ2n) is 7.75. The second-order valence-corrected chi connectivity index (χ2v) is 8.55. The van der Waals surface area contributed by atoms with E-state index in [2.05, 4.69) is 10.6 Å². The Kier molecular flexibility index (Phi) is 8.84. The average Bonchev–Trinajstić information content (AvgIpc) is 3.02. The van der Waals surface area contributed by atoms with Gasteiger partial charge in [-0.25, -0.2) is 0 Å². The molecule has 2 N–H and O–H groups in total. The lowest BCUT2D eigenvalue weighted by Gasteiger charge is -2.24. The van der Waals surface area contributed by atoms with Crippen LogP contribution in [0.15, 0.2) is 48.5 Å². The molecule has 1 aliphatic rings. The zero-order valence-corrected chi connectivity index (χ0v) is 20.6. The highest BCUT2D eigenvalue weighted by Gasteiger charge is 2.44. The molecule has 0 spiro atoms. The molecule has 3 amide bonds. The molecule has 180 valence electrons. The van der Waals surface area contributed by atoms with E-state index in [0.717, 1.165) is 12.2 Å². The highest BCUT2D eigenvalue weighted by molar-refractivity contribution is 7.80. The van der Waals surface area contributed by atoms with Gasteiger partial charge in [0, 0.05) is 30.7 Å². The molecule has 0 unspecified atom stereocenters. The van der Waals surface area contributed by atoms with E-state index in [-0.39, 0.29) is 42.3 Å². The Balaban J connectivity index is 1.74. The number of hydrogen-bond donors (Lipinski definition) is 2. The Morgan fingerprint density at radius 2 is 1.91 bits per heavy atom. The number of nitrogens with one attached hydrogen (secondary N) is 2. The zero-order valence-electron chi connectivity index (χ0n) is 19.0. The topological polar surface area (TPSA) is 91.0 Å². The van der Waals surface area contributed by atoms with Crippen LogP contribution in [0, 0.1) is 0 Å². The maximum absolute atomic E-state index is 13.3. The van der Waals surface area contributed by atoms with Crippen molar-refractivity contribution in [2.75, 3.05) is 29.9 Å². The monoisotopic (exact) mass is 502 g/mol. The quantitative estimate of drug-likeness (QED) is 0.482. The summed E-state index contributed by atoms with van der Waals surface area (Å²) in [7, 11) is 0. The second kappa shape index (κ2) is 11.8. The van der Waals surface area contributed by atoms with Crippen LogP contribution in [0.3, 0.4) is 0 Å². The number of anilines is 2. The van der Waals surface area contributed by atoms with E-state index < -0.39 is 6.04 Å². The Morgan fingerprint density at radius 1 is 1.18 bits per heavy atom. The summed E-state index contributed by atoms with van der Waals surface area (Å²) in [4.78, 5) is 40.5. The number of benzene rings is 2. The van der Waals surface area contributed by atoms with Gasteiger partial charge < -0.3 is 20.3 Å². The lowest BCUT2D eigenvalue weighted by molar-refractivity contribution is -0.124. The van der Waals surface area contributed by atoms with Gasteiger partial charge in [-0.05, 0) is 61.1 Å². The van der Waals surface area contributed by atoms with Crippen LogP contribution in [0.5, 0.6) is 5.75 Å². The number of hydrogen-bond acceptors (Lipinski definition) is 5. The highest BCUT2D eigenvalue weighted by atomic mass is 35.5. The van der Waals surface area contributed by atoms with Gasteiger partial charge in [0.15, 0.2) is 5.11 Å². The Bertz CT molecular complexity index is 1060. The van der Waals surface area contributed by atoms with Gasteiger partial charge in [0.2, 0.25) is 11.8 Å². The number of rotatable bonds is 10. The Hall–Kier alpha value is -3.17. The lowest BCUT2D eigenvalue weighted by Crippen LogP contribution is -2.42. The fourth-order valence-electron chi connectivity index (χ4n) is 3.53. The van der Waals surface area contributed by atoms with Gasteiger partial charge in [-0.2, -0.15) is 0 Å². The summed E-state index contributed by atoms with van der Waals surface area (Å²) in [5, 5.41) is 6.24. The van der Waals surface area contributed by atoms with Gasteiger partial charge in [0.1, 0.15) is 11.8 Å². The summed E-state index contributed by atoms with van der Waals surface area (Å²) in [6.45, 7) is 4.62. The van der Waals surface area contributed by atoms with E-state index in [0.29, 0.717) is 23.0 Å². The van der Waals surface area contributed by atoms with Crippen LogP contribution in [0.1, 0.15) is 26.7 Å². The number of thiocarbonyl (C=S) groups is 1. The van der Waals surface area contributed by atoms with Gasteiger partial charge in [0.05, 0.1) is 18.7 Å². The third-order valence-corrected chi connectivity index (χ3v) is 5.75. The van der Waals surface area contributed by atoms with E-state index in [1.165, 1.54) is 11.8 Å². The zero-order chi connectivity index (χ0) is 24.7. The van der Waals surface area contributed by atoms with Gasteiger partial charge in [0.25, 0.3) is 5.91 Å².